The zero-order chi connectivity index (χ0) is 46.2. The summed E-state index contributed by atoms with van der Waals surface area (Å²) in [6, 6.07) is 79.8. The quantitative estimate of drug-likeness (QED) is 0.162. The van der Waals surface area contributed by atoms with Gasteiger partial charge in [-0.3, -0.25) is 0 Å². The zero-order valence-electron chi connectivity index (χ0n) is 37.5. The first kappa shape index (κ1) is 38.2. The van der Waals surface area contributed by atoms with Crippen molar-refractivity contribution in [2.24, 2.45) is 0 Å². The van der Waals surface area contributed by atoms with Crippen LogP contribution >= 0.6 is 0 Å². The van der Waals surface area contributed by atoms with Crippen molar-refractivity contribution in [3.05, 3.63) is 235 Å². The fraction of sp³-hybridized carbons (Fsp3) is 0. The number of fused-ring (bicyclic) bond motifs is 16. The largest absolute Gasteiger partial charge is 0.319 e. The second kappa shape index (κ2) is 14.3. The van der Waals surface area contributed by atoms with E-state index in [0.29, 0.717) is 22.6 Å². The lowest BCUT2D eigenvalue weighted by Crippen LogP contribution is -2.02. The molecule has 322 valence electrons. The molecule has 4 heterocycles. The lowest BCUT2D eigenvalue weighted by molar-refractivity contribution is 1.14. The van der Waals surface area contributed by atoms with Crippen LogP contribution in [0.5, 0.6) is 0 Å². The first-order valence-electron chi connectivity index (χ1n) is 23.5. The zero-order valence-corrected chi connectivity index (χ0v) is 37.5. The standard InChI is InChI=1S/C64H36N6/c1-66-52-37-61(69-57-32-28-42(35-50(57)63-44-16-4-2-14-39(44)26-30-59(63)69)67-53-22-10-6-18-46(53)47-19-7-11-23-54(47)67)41(38-65)34-62(52)70-58-33-29-43(36-51(58)64-45-17-5-3-15-40(45)27-31-60(64)70)68-55-24-12-8-20-48(55)49-21-9-13-25-56(49)68/h2-37H. The monoisotopic (exact) mass is 888 g/mol. The van der Waals surface area contributed by atoms with Crippen LogP contribution in [0.15, 0.2) is 218 Å². The fourth-order valence-electron chi connectivity index (χ4n) is 11.9. The minimum atomic E-state index is 0.449. The van der Waals surface area contributed by atoms with Crippen molar-refractivity contribution in [2.45, 2.75) is 0 Å². The van der Waals surface area contributed by atoms with Crippen molar-refractivity contribution >= 4 is 114 Å². The summed E-state index contributed by atoms with van der Waals surface area (Å²) in [4.78, 5) is 4.29. The Hall–Kier alpha value is -9.88. The minimum absolute atomic E-state index is 0.449. The molecule has 4 aromatic heterocycles. The lowest BCUT2D eigenvalue weighted by atomic mass is 10.0. The molecule has 0 unspecified atom stereocenters. The van der Waals surface area contributed by atoms with Gasteiger partial charge in [-0.1, -0.05) is 133 Å². The van der Waals surface area contributed by atoms with Crippen molar-refractivity contribution in [3.8, 4) is 28.8 Å². The highest BCUT2D eigenvalue weighted by molar-refractivity contribution is 6.24. The molecule has 11 aromatic carbocycles. The summed E-state index contributed by atoms with van der Waals surface area (Å²) in [5.41, 5.74) is 12.8. The maximum atomic E-state index is 11.3. The highest BCUT2D eigenvalue weighted by Gasteiger charge is 2.24. The second-order valence-corrected chi connectivity index (χ2v) is 18.3. The Kier molecular flexibility index (Phi) is 7.82. The maximum Gasteiger partial charge on any atom is 0.212 e. The molecule has 0 radical (unpaired) electrons. The van der Waals surface area contributed by atoms with Crippen molar-refractivity contribution in [2.75, 3.05) is 0 Å². The number of hydrogen-bond acceptors (Lipinski definition) is 1. The van der Waals surface area contributed by atoms with E-state index in [9.17, 15) is 5.26 Å². The van der Waals surface area contributed by atoms with E-state index in [4.69, 9.17) is 6.57 Å². The molecule has 0 aliphatic rings. The minimum Gasteiger partial charge on any atom is -0.319 e. The molecule has 15 rings (SSSR count). The third kappa shape index (κ3) is 5.14. The number of rotatable bonds is 4. The van der Waals surface area contributed by atoms with Crippen LogP contribution in [0.1, 0.15) is 5.56 Å². The van der Waals surface area contributed by atoms with E-state index in [1.54, 1.807) is 0 Å². The predicted octanol–water partition coefficient (Wildman–Crippen LogP) is 16.8. The summed E-state index contributed by atoms with van der Waals surface area (Å²) >= 11 is 0. The van der Waals surface area contributed by atoms with E-state index >= 15 is 0 Å². The Bertz CT molecular complexity index is 4450. The molecule has 0 amide bonds. The summed E-state index contributed by atoms with van der Waals surface area (Å²) in [6.07, 6.45) is 0. The number of para-hydroxylation sites is 4. The summed E-state index contributed by atoms with van der Waals surface area (Å²) < 4.78 is 9.10. The number of hydrogen-bond donors (Lipinski definition) is 0. The van der Waals surface area contributed by atoms with Crippen molar-refractivity contribution in [1.29, 1.82) is 5.26 Å². The third-order valence-corrected chi connectivity index (χ3v) is 14.8. The Balaban J connectivity index is 0.992. The van der Waals surface area contributed by atoms with Crippen LogP contribution in [0.3, 0.4) is 0 Å². The van der Waals surface area contributed by atoms with Gasteiger partial charge >= 0.3 is 0 Å². The molecule has 0 aliphatic carbocycles. The normalized spacial score (nSPS) is 12.0. The first-order valence-corrected chi connectivity index (χ1v) is 23.5. The van der Waals surface area contributed by atoms with Gasteiger partial charge in [-0.05, 0) is 106 Å². The topological polar surface area (TPSA) is 47.9 Å². The van der Waals surface area contributed by atoms with Crippen molar-refractivity contribution < 1.29 is 0 Å². The molecule has 6 heteroatoms. The summed E-state index contributed by atoms with van der Waals surface area (Å²) in [5, 5.41) is 25.0. The van der Waals surface area contributed by atoms with Crippen LogP contribution in [0, 0.1) is 17.9 Å². The second-order valence-electron chi connectivity index (χ2n) is 18.3. The molecule has 0 saturated carbocycles. The number of aromatic nitrogens is 4. The van der Waals surface area contributed by atoms with Crippen molar-refractivity contribution in [3.63, 3.8) is 0 Å². The molecule has 6 nitrogen and oxygen atoms in total. The Morgan fingerprint density at radius 2 is 0.700 bits per heavy atom. The smallest absolute Gasteiger partial charge is 0.212 e. The number of nitriles is 1. The lowest BCUT2D eigenvalue weighted by Gasteiger charge is -2.16. The molecule has 0 bridgehead atoms. The van der Waals surface area contributed by atoms with Gasteiger partial charge in [0.05, 0.1) is 67.6 Å². The van der Waals surface area contributed by atoms with Gasteiger partial charge in [0.2, 0.25) is 5.69 Å². The van der Waals surface area contributed by atoms with Crippen LogP contribution in [0.4, 0.5) is 5.69 Å². The van der Waals surface area contributed by atoms with E-state index in [1.165, 1.54) is 21.5 Å². The molecular formula is C64H36N6. The van der Waals surface area contributed by atoms with Crippen molar-refractivity contribution in [1.82, 2.24) is 18.3 Å². The molecule has 0 spiro atoms. The average molecular weight is 889 g/mol. The van der Waals surface area contributed by atoms with E-state index in [1.807, 2.05) is 12.1 Å². The molecule has 0 fully saturated rings. The van der Waals surface area contributed by atoms with E-state index in [-0.39, 0.29) is 0 Å². The van der Waals surface area contributed by atoms with Gasteiger partial charge in [-0.15, -0.1) is 0 Å². The highest BCUT2D eigenvalue weighted by atomic mass is 15.0. The van der Waals surface area contributed by atoms with Crippen LogP contribution in [0.25, 0.3) is 136 Å². The Labute approximate surface area is 400 Å². The van der Waals surface area contributed by atoms with Gasteiger partial charge < -0.3 is 18.3 Å². The molecule has 0 aliphatic heterocycles. The van der Waals surface area contributed by atoms with Gasteiger partial charge in [0.15, 0.2) is 0 Å². The van der Waals surface area contributed by atoms with Gasteiger partial charge in [0.25, 0.3) is 0 Å². The van der Waals surface area contributed by atoms with Gasteiger partial charge in [0.1, 0.15) is 6.07 Å². The van der Waals surface area contributed by atoms with Crippen LogP contribution in [0.2, 0.25) is 0 Å². The fourth-order valence-corrected chi connectivity index (χ4v) is 11.9. The summed E-state index contributed by atoms with van der Waals surface area (Å²) in [5.74, 6) is 0. The molecule has 70 heavy (non-hydrogen) atoms. The van der Waals surface area contributed by atoms with E-state index in [0.717, 1.165) is 98.6 Å². The van der Waals surface area contributed by atoms with Gasteiger partial charge in [-0.25, -0.2) is 4.85 Å². The number of nitrogens with zero attached hydrogens (tertiary/aromatic N) is 6. The summed E-state index contributed by atoms with van der Waals surface area (Å²) in [6.45, 7) is 8.85. The molecule has 0 atom stereocenters. The molecule has 0 saturated heterocycles. The molecule has 15 aromatic rings. The third-order valence-electron chi connectivity index (χ3n) is 14.8. The molecule has 0 N–H and O–H groups in total. The molecular weight excluding hydrogens is 853 g/mol. The number of benzene rings is 11. The van der Waals surface area contributed by atoms with E-state index < -0.39 is 0 Å². The predicted molar refractivity (Wildman–Crippen MR) is 290 cm³/mol. The van der Waals surface area contributed by atoms with Crippen LogP contribution in [-0.2, 0) is 0 Å². The van der Waals surface area contributed by atoms with Crippen LogP contribution < -0.4 is 0 Å². The maximum absolute atomic E-state index is 11.3. The van der Waals surface area contributed by atoms with Gasteiger partial charge in [-0.2, -0.15) is 5.26 Å². The Morgan fingerprint density at radius 1 is 0.329 bits per heavy atom. The average Bonchev–Trinajstić information content (AvgIpc) is 4.15. The van der Waals surface area contributed by atoms with Gasteiger partial charge in [0, 0.05) is 54.5 Å². The SMILES string of the molecule is [C-]#[N+]c1cc(-n2c3ccc(-n4c5ccccc5c5ccccc54)cc3c3c4ccccc4ccc32)c(C#N)cc1-n1c2ccc(-n3c4ccccc4c4ccccc43)cc2c2c3ccccc3ccc21. The summed E-state index contributed by atoms with van der Waals surface area (Å²) in [7, 11) is 0. The first-order chi connectivity index (χ1) is 34.7. The van der Waals surface area contributed by atoms with Crippen LogP contribution in [-0.4, -0.2) is 18.3 Å². The van der Waals surface area contributed by atoms with E-state index in [2.05, 4.69) is 235 Å². The highest BCUT2D eigenvalue weighted by Crippen LogP contribution is 2.45. The Morgan fingerprint density at radius 3 is 1.13 bits per heavy atom.